The van der Waals surface area contributed by atoms with Gasteiger partial charge in [-0.15, -0.1) is 0 Å². The Labute approximate surface area is 422 Å². The molecular formula is C59H113N2O6P. The van der Waals surface area contributed by atoms with Crippen molar-refractivity contribution in [2.45, 2.75) is 283 Å². The van der Waals surface area contributed by atoms with E-state index in [1.807, 2.05) is 33.3 Å². The third-order valence-corrected chi connectivity index (χ3v) is 14.1. The first-order chi connectivity index (χ1) is 33.0. The van der Waals surface area contributed by atoms with Crippen LogP contribution in [0.3, 0.4) is 0 Å². The molecule has 400 valence electrons. The van der Waals surface area contributed by atoms with E-state index < -0.39 is 20.0 Å². The van der Waals surface area contributed by atoms with Crippen LogP contribution < -0.4 is 10.2 Å². The van der Waals surface area contributed by atoms with Crippen LogP contribution in [0.1, 0.15) is 271 Å². The van der Waals surface area contributed by atoms with E-state index >= 15 is 0 Å². The highest BCUT2D eigenvalue weighted by molar-refractivity contribution is 7.45. The second kappa shape index (κ2) is 50.4. The van der Waals surface area contributed by atoms with Gasteiger partial charge in [-0.3, -0.25) is 9.36 Å². The summed E-state index contributed by atoms with van der Waals surface area (Å²) in [5.74, 6) is -0.243. The van der Waals surface area contributed by atoms with Crippen molar-refractivity contribution in [2.75, 3.05) is 40.9 Å². The lowest BCUT2D eigenvalue weighted by molar-refractivity contribution is -0.870. The Morgan fingerprint density at radius 2 is 0.868 bits per heavy atom. The van der Waals surface area contributed by atoms with Crippen LogP contribution in [-0.4, -0.2) is 68.5 Å². The van der Waals surface area contributed by atoms with Gasteiger partial charge >= 0.3 is 0 Å². The van der Waals surface area contributed by atoms with Crippen LogP contribution in [0.2, 0.25) is 0 Å². The van der Waals surface area contributed by atoms with E-state index in [9.17, 15) is 19.4 Å². The number of phosphoric acid groups is 1. The summed E-state index contributed by atoms with van der Waals surface area (Å²) in [5, 5.41) is 13.9. The quantitative estimate of drug-likeness (QED) is 0.0272. The fraction of sp³-hybridized carbons (Fsp3) is 0.847. The molecule has 0 aliphatic heterocycles. The highest BCUT2D eigenvalue weighted by atomic mass is 31.2. The average Bonchev–Trinajstić information content (AvgIpc) is 3.30. The Bertz CT molecular complexity index is 1250. The molecule has 0 aliphatic carbocycles. The molecule has 0 aliphatic rings. The highest BCUT2D eigenvalue weighted by Crippen LogP contribution is 2.38. The first-order valence-corrected chi connectivity index (χ1v) is 30.4. The van der Waals surface area contributed by atoms with Crippen LogP contribution in [0.4, 0.5) is 0 Å². The van der Waals surface area contributed by atoms with Gasteiger partial charge in [-0.2, -0.15) is 0 Å². The van der Waals surface area contributed by atoms with Gasteiger partial charge in [-0.25, -0.2) is 0 Å². The molecule has 0 saturated carbocycles. The number of likely N-dealkylation sites (N-methyl/N-ethyl adjacent to an activating group) is 1. The smallest absolute Gasteiger partial charge is 0.268 e. The first-order valence-electron chi connectivity index (χ1n) is 29.0. The summed E-state index contributed by atoms with van der Waals surface area (Å²) < 4.78 is 23.3. The van der Waals surface area contributed by atoms with Crippen molar-refractivity contribution in [3.8, 4) is 0 Å². The Morgan fingerprint density at radius 1 is 0.529 bits per heavy atom. The molecule has 68 heavy (non-hydrogen) atoms. The third kappa shape index (κ3) is 52.3. The molecule has 3 unspecified atom stereocenters. The maximum Gasteiger partial charge on any atom is 0.268 e. The van der Waals surface area contributed by atoms with Gasteiger partial charge in [0, 0.05) is 6.42 Å². The number of nitrogens with zero attached hydrogens (tertiary/aromatic N) is 1. The molecule has 8 nitrogen and oxygen atoms in total. The van der Waals surface area contributed by atoms with E-state index in [1.54, 1.807) is 0 Å². The first kappa shape index (κ1) is 66.5. The zero-order chi connectivity index (χ0) is 49.9. The average molecular weight is 978 g/mol. The lowest BCUT2D eigenvalue weighted by Gasteiger charge is -2.30. The molecule has 0 aromatic carbocycles. The maximum absolute atomic E-state index is 12.9. The van der Waals surface area contributed by atoms with Crippen molar-refractivity contribution in [3.05, 3.63) is 48.6 Å². The van der Waals surface area contributed by atoms with Gasteiger partial charge in [0.05, 0.1) is 39.9 Å². The van der Waals surface area contributed by atoms with Gasteiger partial charge < -0.3 is 28.8 Å². The summed E-state index contributed by atoms with van der Waals surface area (Å²) >= 11 is 0. The van der Waals surface area contributed by atoms with E-state index in [2.05, 4.69) is 55.6 Å². The van der Waals surface area contributed by atoms with E-state index in [0.29, 0.717) is 23.9 Å². The third-order valence-electron chi connectivity index (χ3n) is 13.1. The number of carbonyl (C=O) groups is 1. The Hall–Kier alpha value is -1.54. The minimum atomic E-state index is -4.59. The monoisotopic (exact) mass is 977 g/mol. The fourth-order valence-electron chi connectivity index (χ4n) is 8.58. The second-order valence-electron chi connectivity index (χ2n) is 21.0. The largest absolute Gasteiger partial charge is 0.756 e. The predicted molar refractivity (Wildman–Crippen MR) is 293 cm³/mol. The molecular weight excluding hydrogens is 864 g/mol. The molecule has 0 rings (SSSR count). The number of hydrogen-bond acceptors (Lipinski definition) is 6. The lowest BCUT2D eigenvalue weighted by atomic mass is 10.0. The van der Waals surface area contributed by atoms with E-state index in [1.165, 1.54) is 193 Å². The predicted octanol–water partition coefficient (Wildman–Crippen LogP) is 16.9. The highest BCUT2D eigenvalue weighted by Gasteiger charge is 2.24. The number of allylic oxidation sites excluding steroid dienone is 8. The number of phosphoric ester groups is 1. The molecule has 3 atom stereocenters. The molecule has 0 spiro atoms. The number of amides is 1. The molecule has 1 amide bonds. The van der Waals surface area contributed by atoms with Crippen LogP contribution in [0, 0.1) is 0 Å². The van der Waals surface area contributed by atoms with Gasteiger partial charge in [0.25, 0.3) is 7.82 Å². The van der Waals surface area contributed by atoms with Crippen LogP contribution in [0.15, 0.2) is 48.6 Å². The van der Waals surface area contributed by atoms with E-state index in [4.69, 9.17) is 9.05 Å². The second-order valence-corrected chi connectivity index (χ2v) is 22.4. The zero-order valence-electron chi connectivity index (χ0n) is 45.6. The molecule has 0 heterocycles. The molecule has 9 heteroatoms. The molecule has 0 radical (unpaired) electrons. The molecule has 0 aromatic rings. The van der Waals surface area contributed by atoms with Crippen LogP contribution >= 0.6 is 7.82 Å². The van der Waals surface area contributed by atoms with Gasteiger partial charge in [0.15, 0.2) is 0 Å². The lowest BCUT2D eigenvalue weighted by Crippen LogP contribution is -2.46. The van der Waals surface area contributed by atoms with E-state index in [-0.39, 0.29) is 25.5 Å². The number of nitrogens with one attached hydrogen (secondary N) is 1. The summed E-state index contributed by atoms with van der Waals surface area (Å²) in [6, 6.07) is -0.840. The molecule has 2 N–H and O–H groups in total. The number of quaternary nitrogens is 1. The van der Waals surface area contributed by atoms with Crippen LogP contribution in [-0.2, 0) is 18.4 Å². The van der Waals surface area contributed by atoms with Crippen molar-refractivity contribution in [2.24, 2.45) is 0 Å². The summed E-state index contributed by atoms with van der Waals surface area (Å²) in [4.78, 5) is 25.4. The summed E-state index contributed by atoms with van der Waals surface area (Å²) in [6.07, 6.45) is 66.3. The summed E-state index contributed by atoms with van der Waals surface area (Å²) in [5.41, 5.74) is 0. The van der Waals surface area contributed by atoms with Crippen molar-refractivity contribution in [1.82, 2.24) is 5.32 Å². The number of hydrogen-bond donors (Lipinski definition) is 2. The minimum Gasteiger partial charge on any atom is -0.756 e. The molecule has 0 fully saturated rings. The van der Waals surface area contributed by atoms with Crippen molar-refractivity contribution < 1.29 is 32.9 Å². The SMILES string of the molecule is CC/C=C\C/C=C\C/C=C\C/C=C\CCC(=O)NC(COP(=O)([O-])OCC[N+](C)(C)C)C(O)CCCCCCCCCCCCCCCCCCCCCCCCCCCCCCCCCCC. The van der Waals surface area contributed by atoms with Gasteiger partial charge in [-0.1, -0.05) is 274 Å². The molecule has 0 aromatic heterocycles. The molecule has 0 bridgehead atoms. The number of rotatable bonds is 53. The van der Waals surface area contributed by atoms with Crippen molar-refractivity contribution >= 4 is 13.7 Å². The summed E-state index contributed by atoms with van der Waals surface area (Å²) in [6.45, 7) is 4.57. The fourth-order valence-corrected chi connectivity index (χ4v) is 9.31. The maximum atomic E-state index is 12.9. The Kier molecular flexibility index (Phi) is 49.3. The van der Waals surface area contributed by atoms with E-state index in [0.717, 1.165) is 44.9 Å². The van der Waals surface area contributed by atoms with Gasteiger partial charge in [0.2, 0.25) is 5.91 Å². The minimum absolute atomic E-state index is 0.00155. The zero-order valence-corrected chi connectivity index (χ0v) is 46.5. The van der Waals surface area contributed by atoms with Gasteiger partial charge in [-0.05, 0) is 38.5 Å². The summed E-state index contributed by atoms with van der Waals surface area (Å²) in [7, 11) is 1.26. The van der Waals surface area contributed by atoms with Crippen LogP contribution in [0.5, 0.6) is 0 Å². The van der Waals surface area contributed by atoms with Crippen molar-refractivity contribution in [3.63, 3.8) is 0 Å². The van der Waals surface area contributed by atoms with Crippen LogP contribution in [0.25, 0.3) is 0 Å². The number of aliphatic hydroxyl groups is 1. The number of carbonyl (C=O) groups excluding carboxylic acids is 1. The topological polar surface area (TPSA) is 108 Å². The van der Waals surface area contributed by atoms with Crippen molar-refractivity contribution in [1.29, 1.82) is 0 Å². The molecule has 0 saturated heterocycles. The Morgan fingerprint density at radius 3 is 1.22 bits per heavy atom. The number of unbranched alkanes of at least 4 members (excludes halogenated alkanes) is 32. The Balaban J connectivity index is 4.01. The normalized spacial score (nSPS) is 14.3. The standard InChI is InChI=1S/C59H113N2O6P/c1-6-8-10-12-14-16-18-20-21-22-23-24-25-26-27-28-29-30-31-32-33-34-35-36-37-38-39-41-42-44-46-48-50-52-58(62)57(56-67-68(64,65)66-55-54-61(3,4)5)60-59(63)53-51-49-47-45-43-40-19-17-15-13-11-9-7-2/h9,11,15,17,40,43,47,49,57-58,62H,6-8,10,12-14,16,18-39,41-42,44-46,48,50-56H2,1-5H3,(H-,60,63,64,65)/b11-9-,17-15-,43-40-,49-47-. The number of aliphatic hydroxyl groups excluding tert-OH is 1. The van der Waals surface area contributed by atoms with Gasteiger partial charge in [0.1, 0.15) is 13.2 Å².